The molecule has 0 unspecified atom stereocenters. The van der Waals surface area contributed by atoms with Gasteiger partial charge in [0.2, 0.25) is 0 Å². The predicted octanol–water partition coefficient (Wildman–Crippen LogP) is 6.29. The average molecular weight is 419 g/mol. The van der Waals surface area contributed by atoms with E-state index in [1.165, 1.54) is 22.9 Å². The largest absolute Gasteiger partial charge is 0.381 e. The lowest BCUT2D eigenvalue weighted by Crippen LogP contribution is -2.16. The smallest absolute Gasteiger partial charge is 0.0491 e. The third-order valence-electron chi connectivity index (χ3n) is 4.83. The second-order valence-electron chi connectivity index (χ2n) is 7.03. The van der Waals surface area contributed by atoms with Crippen LogP contribution >= 0.6 is 23.2 Å². The minimum atomic E-state index is 0.662. The molecule has 0 radical (unpaired) electrons. The molecule has 5 heteroatoms. The molecule has 0 bridgehead atoms. The minimum absolute atomic E-state index is 0.662. The van der Waals surface area contributed by atoms with E-state index in [4.69, 9.17) is 27.9 Å². The molecule has 1 aromatic heterocycles. The maximum absolute atomic E-state index is 6.38. The Morgan fingerprint density at radius 1 is 1.00 bits per heavy atom. The molecule has 0 spiro atoms. The van der Waals surface area contributed by atoms with Gasteiger partial charge in [0, 0.05) is 53.4 Å². The fraction of sp³-hybridized carbons (Fsp3) is 0.391. The van der Waals surface area contributed by atoms with Gasteiger partial charge in [0.15, 0.2) is 0 Å². The van der Waals surface area contributed by atoms with Crippen LogP contribution in [0.4, 0.5) is 0 Å². The van der Waals surface area contributed by atoms with E-state index in [1.54, 1.807) is 6.07 Å². The first kappa shape index (κ1) is 21.2. The van der Waals surface area contributed by atoms with Gasteiger partial charge in [-0.25, -0.2) is 0 Å². The zero-order valence-corrected chi connectivity index (χ0v) is 17.9. The molecule has 3 aromatic rings. The normalized spacial score (nSPS) is 11.4. The maximum atomic E-state index is 6.38. The lowest BCUT2D eigenvalue weighted by atomic mass is 10.2. The summed E-state index contributed by atoms with van der Waals surface area (Å²) in [7, 11) is 0. The Bertz CT molecular complexity index is 891. The summed E-state index contributed by atoms with van der Waals surface area (Å²) in [6.45, 7) is 6.40. The van der Waals surface area contributed by atoms with E-state index in [-0.39, 0.29) is 0 Å². The highest BCUT2D eigenvalue weighted by Gasteiger charge is 2.10. The van der Waals surface area contributed by atoms with E-state index in [1.807, 2.05) is 12.1 Å². The first-order valence-corrected chi connectivity index (χ1v) is 10.7. The molecule has 0 fully saturated rings. The van der Waals surface area contributed by atoms with Gasteiger partial charge >= 0.3 is 0 Å². The minimum Gasteiger partial charge on any atom is -0.381 e. The average Bonchev–Trinajstić information content (AvgIpc) is 3.04. The van der Waals surface area contributed by atoms with Crippen molar-refractivity contribution in [3.8, 4) is 0 Å². The first-order valence-electron chi connectivity index (χ1n) is 9.98. The summed E-state index contributed by atoms with van der Waals surface area (Å²) in [6, 6.07) is 14.2. The summed E-state index contributed by atoms with van der Waals surface area (Å²) in [5, 5.41) is 6.18. The molecule has 1 heterocycles. The predicted molar refractivity (Wildman–Crippen MR) is 120 cm³/mol. The summed E-state index contributed by atoms with van der Waals surface area (Å²) in [5.74, 6) is 0. The van der Waals surface area contributed by atoms with Crippen LogP contribution < -0.4 is 5.32 Å². The summed E-state index contributed by atoms with van der Waals surface area (Å²) in [4.78, 5) is 0. The number of rotatable bonds is 11. The molecule has 0 saturated heterocycles. The van der Waals surface area contributed by atoms with Crippen LogP contribution in [0.1, 0.15) is 37.3 Å². The number of fused-ring (bicyclic) bond motifs is 1. The number of nitrogens with zero attached hydrogens (tertiary/aromatic N) is 1. The van der Waals surface area contributed by atoms with Crippen molar-refractivity contribution in [2.24, 2.45) is 0 Å². The standard InChI is InChI=1S/C23H28Cl2N2O/c1-2-3-12-28-13-6-11-26-15-19-17-27(23-8-5-4-7-21(19)23)16-18-9-10-20(24)14-22(18)25/h4-5,7-10,14,17,26H,2-3,6,11-13,15-16H2,1H3. The van der Waals surface area contributed by atoms with Crippen LogP contribution in [-0.2, 0) is 17.8 Å². The highest BCUT2D eigenvalue weighted by atomic mass is 35.5. The van der Waals surface area contributed by atoms with Crippen molar-refractivity contribution in [2.75, 3.05) is 19.8 Å². The number of aromatic nitrogens is 1. The number of unbranched alkanes of at least 4 members (excludes halogenated alkanes) is 1. The van der Waals surface area contributed by atoms with Crippen LogP contribution in [0.3, 0.4) is 0 Å². The Morgan fingerprint density at radius 2 is 1.82 bits per heavy atom. The second-order valence-corrected chi connectivity index (χ2v) is 7.88. The van der Waals surface area contributed by atoms with Crippen molar-refractivity contribution in [1.82, 2.24) is 9.88 Å². The van der Waals surface area contributed by atoms with E-state index >= 15 is 0 Å². The molecule has 2 aromatic carbocycles. The summed E-state index contributed by atoms with van der Waals surface area (Å²) < 4.78 is 7.88. The first-order chi connectivity index (χ1) is 13.7. The van der Waals surface area contributed by atoms with Crippen molar-refractivity contribution in [1.29, 1.82) is 0 Å². The van der Waals surface area contributed by atoms with Crippen molar-refractivity contribution in [3.63, 3.8) is 0 Å². The van der Waals surface area contributed by atoms with Crippen molar-refractivity contribution in [3.05, 3.63) is 69.8 Å². The van der Waals surface area contributed by atoms with Crippen molar-refractivity contribution >= 4 is 34.1 Å². The number of ether oxygens (including phenoxy) is 1. The zero-order chi connectivity index (χ0) is 19.8. The molecule has 0 atom stereocenters. The highest BCUT2D eigenvalue weighted by molar-refractivity contribution is 6.35. The van der Waals surface area contributed by atoms with Crippen molar-refractivity contribution in [2.45, 2.75) is 39.3 Å². The Labute approximate surface area is 177 Å². The molecule has 3 rings (SSSR count). The van der Waals surface area contributed by atoms with Crippen LogP contribution in [0.25, 0.3) is 10.9 Å². The van der Waals surface area contributed by atoms with Gasteiger partial charge in [0.1, 0.15) is 0 Å². The molecule has 0 aliphatic carbocycles. The Hall–Kier alpha value is -1.52. The number of hydrogen-bond acceptors (Lipinski definition) is 2. The lowest BCUT2D eigenvalue weighted by Gasteiger charge is -2.08. The van der Waals surface area contributed by atoms with Gasteiger partial charge < -0.3 is 14.6 Å². The van der Waals surface area contributed by atoms with E-state index < -0.39 is 0 Å². The number of hydrogen-bond donors (Lipinski definition) is 1. The van der Waals surface area contributed by atoms with Crippen LogP contribution in [0.2, 0.25) is 10.0 Å². The molecule has 0 aliphatic rings. The molecule has 0 amide bonds. The van der Waals surface area contributed by atoms with E-state index in [2.05, 4.69) is 47.3 Å². The number of benzene rings is 2. The monoisotopic (exact) mass is 418 g/mol. The summed E-state index contributed by atoms with van der Waals surface area (Å²) >= 11 is 12.4. The van der Waals surface area contributed by atoms with Crippen LogP contribution in [-0.4, -0.2) is 24.3 Å². The second kappa shape index (κ2) is 10.9. The number of para-hydroxylation sites is 1. The third-order valence-corrected chi connectivity index (χ3v) is 5.41. The zero-order valence-electron chi connectivity index (χ0n) is 16.4. The van der Waals surface area contributed by atoms with Crippen LogP contribution in [0, 0.1) is 0 Å². The molecular weight excluding hydrogens is 391 g/mol. The van der Waals surface area contributed by atoms with Gasteiger partial charge in [-0.05, 0) is 48.7 Å². The fourth-order valence-corrected chi connectivity index (χ4v) is 3.77. The molecule has 3 nitrogen and oxygen atoms in total. The summed E-state index contributed by atoms with van der Waals surface area (Å²) in [5.41, 5.74) is 3.58. The fourth-order valence-electron chi connectivity index (χ4n) is 3.30. The molecular formula is C23H28Cl2N2O. The van der Waals surface area contributed by atoms with Crippen molar-refractivity contribution < 1.29 is 4.74 Å². The maximum Gasteiger partial charge on any atom is 0.0491 e. The van der Waals surface area contributed by atoms with Gasteiger partial charge in [-0.3, -0.25) is 0 Å². The van der Waals surface area contributed by atoms with E-state index in [0.29, 0.717) is 10.0 Å². The third kappa shape index (κ3) is 5.74. The summed E-state index contributed by atoms with van der Waals surface area (Å²) in [6.07, 6.45) is 5.58. The van der Waals surface area contributed by atoms with Gasteiger partial charge in [0.05, 0.1) is 0 Å². The molecule has 1 N–H and O–H groups in total. The molecule has 0 aliphatic heterocycles. The van der Waals surface area contributed by atoms with E-state index in [0.717, 1.165) is 51.3 Å². The Kier molecular flexibility index (Phi) is 8.23. The van der Waals surface area contributed by atoms with Gasteiger partial charge in [0.25, 0.3) is 0 Å². The van der Waals surface area contributed by atoms with Gasteiger partial charge in [-0.2, -0.15) is 0 Å². The van der Waals surface area contributed by atoms with Gasteiger partial charge in [-0.15, -0.1) is 0 Å². The highest BCUT2D eigenvalue weighted by Crippen LogP contribution is 2.26. The molecule has 0 saturated carbocycles. The van der Waals surface area contributed by atoms with Crippen LogP contribution in [0.15, 0.2) is 48.7 Å². The topological polar surface area (TPSA) is 26.2 Å². The molecule has 150 valence electrons. The van der Waals surface area contributed by atoms with E-state index in [9.17, 15) is 0 Å². The van der Waals surface area contributed by atoms with Crippen LogP contribution in [0.5, 0.6) is 0 Å². The Balaban J connectivity index is 1.62. The number of halogens is 2. The number of nitrogens with one attached hydrogen (secondary N) is 1. The quantitative estimate of drug-likeness (QED) is 0.370. The van der Waals surface area contributed by atoms with Gasteiger partial charge in [-0.1, -0.05) is 60.8 Å². The Morgan fingerprint density at radius 3 is 2.64 bits per heavy atom. The SMILES string of the molecule is CCCCOCCCNCc1cn(Cc2ccc(Cl)cc2Cl)c2ccccc12. The molecule has 28 heavy (non-hydrogen) atoms. The lowest BCUT2D eigenvalue weighted by molar-refractivity contribution is 0.129.